The SMILES string of the molecule is CCN(CC)S(=O)(=O)c1cc(C(=O)Nc2ccc3oc(C)nc3c2)ccc1F. The molecule has 0 saturated carbocycles. The van der Waals surface area contributed by atoms with Crippen molar-refractivity contribution in [2.45, 2.75) is 25.7 Å². The highest BCUT2D eigenvalue weighted by Gasteiger charge is 2.26. The molecular weight excluding hydrogens is 385 g/mol. The lowest BCUT2D eigenvalue weighted by Gasteiger charge is -2.19. The molecule has 3 aromatic rings. The number of nitrogens with one attached hydrogen (secondary N) is 1. The van der Waals surface area contributed by atoms with E-state index in [0.29, 0.717) is 22.7 Å². The number of anilines is 1. The summed E-state index contributed by atoms with van der Waals surface area (Å²) in [5.41, 5.74) is 1.66. The average Bonchev–Trinajstić information content (AvgIpc) is 3.02. The van der Waals surface area contributed by atoms with Crippen molar-refractivity contribution >= 4 is 32.7 Å². The topological polar surface area (TPSA) is 92.5 Å². The zero-order valence-corrected chi connectivity index (χ0v) is 16.5. The van der Waals surface area contributed by atoms with Crippen LogP contribution in [0.4, 0.5) is 10.1 Å². The lowest BCUT2D eigenvalue weighted by molar-refractivity contribution is 0.102. The summed E-state index contributed by atoms with van der Waals surface area (Å²) in [7, 11) is -4.03. The van der Waals surface area contributed by atoms with Gasteiger partial charge in [0, 0.05) is 31.3 Å². The van der Waals surface area contributed by atoms with E-state index in [1.54, 1.807) is 39.0 Å². The van der Waals surface area contributed by atoms with Crippen LogP contribution in [0.15, 0.2) is 45.7 Å². The van der Waals surface area contributed by atoms with Crippen molar-refractivity contribution in [3.63, 3.8) is 0 Å². The molecule has 1 aromatic heterocycles. The zero-order valence-electron chi connectivity index (χ0n) is 15.7. The minimum atomic E-state index is -4.03. The number of benzene rings is 2. The maximum absolute atomic E-state index is 14.2. The Morgan fingerprint density at radius 1 is 1.18 bits per heavy atom. The fourth-order valence-corrected chi connectivity index (χ4v) is 4.42. The predicted molar refractivity (Wildman–Crippen MR) is 103 cm³/mol. The molecule has 0 unspecified atom stereocenters. The summed E-state index contributed by atoms with van der Waals surface area (Å²) in [6, 6.07) is 8.23. The van der Waals surface area contributed by atoms with Gasteiger partial charge in [-0.05, 0) is 36.4 Å². The Morgan fingerprint density at radius 3 is 2.57 bits per heavy atom. The predicted octanol–water partition coefficient (Wildman–Crippen LogP) is 3.56. The van der Waals surface area contributed by atoms with Crippen LogP contribution >= 0.6 is 0 Å². The summed E-state index contributed by atoms with van der Waals surface area (Å²) in [6.07, 6.45) is 0. The van der Waals surface area contributed by atoms with Crippen LogP contribution in [-0.4, -0.2) is 36.7 Å². The van der Waals surface area contributed by atoms with E-state index < -0.39 is 26.6 Å². The van der Waals surface area contributed by atoms with Crippen LogP contribution in [-0.2, 0) is 10.0 Å². The third kappa shape index (κ3) is 3.76. The Labute approximate surface area is 162 Å². The van der Waals surface area contributed by atoms with E-state index in [1.165, 1.54) is 6.07 Å². The molecular formula is C19H20FN3O4S. The molecule has 0 bridgehead atoms. The molecule has 148 valence electrons. The van der Waals surface area contributed by atoms with Gasteiger partial charge in [-0.15, -0.1) is 0 Å². The highest BCUT2D eigenvalue weighted by Crippen LogP contribution is 2.23. The van der Waals surface area contributed by atoms with Gasteiger partial charge in [0.2, 0.25) is 10.0 Å². The molecule has 0 aliphatic heterocycles. The number of hydrogen-bond donors (Lipinski definition) is 1. The van der Waals surface area contributed by atoms with Crippen molar-refractivity contribution < 1.29 is 22.0 Å². The number of aromatic nitrogens is 1. The van der Waals surface area contributed by atoms with Gasteiger partial charge in [0.25, 0.3) is 5.91 Å². The van der Waals surface area contributed by atoms with Crippen molar-refractivity contribution in [2.24, 2.45) is 0 Å². The van der Waals surface area contributed by atoms with Crippen molar-refractivity contribution in [1.29, 1.82) is 0 Å². The van der Waals surface area contributed by atoms with Crippen molar-refractivity contribution in [2.75, 3.05) is 18.4 Å². The molecule has 1 heterocycles. The number of halogens is 1. The highest BCUT2D eigenvalue weighted by atomic mass is 32.2. The summed E-state index contributed by atoms with van der Waals surface area (Å²) >= 11 is 0. The van der Waals surface area contributed by atoms with Gasteiger partial charge in [-0.2, -0.15) is 4.31 Å². The van der Waals surface area contributed by atoms with E-state index in [-0.39, 0.29) is 18.7 Å². The molecule has 1 N–H and O–H groups in total. The number of rotatable bonds is 6. The van der Waals surface area contributed by atoms with Crippen LogP contribution in [0.5, 0.6) is 0 Å². The Balaban J connectivity index is 1.91. The van der Waals surface area contributed by atoms with Crippen molar-refractivity contribution in [3.8, 4) is 0 Å². The van der Waals surface area contributed by atoms with E-state index in [1.807, 2.05) is 0 Å². The van der Waals surface area contributed by atoms with E-state index in [4.69, 9.17) is 4.42 Å². The first-order valence-electron chi connectivity index (χ1n) is 8.74. The number of nitrogens with zero attached hydrogens (tertiary/aromatic N) is 2. The molecule has 28 heavy (non-hydrogen) atoms. The molecule has 0 aliphatic rings. The standard InChI is InChI=1S/C19H20FN3O4S/c1-4-23(5-2)28(25,26)18-10-13(6-8-15(18)20)19(24)22-14-7-9-17-16(11-14)21-12(3)27-17/h6-11H,4-5H2,1-3H3,(H,22,24). The zero-order chi connectivity index (χ0) is 20.5. The first-order chi connectivity index (χ1) is 13.3. The highest BCUT2D eigenvalue weighted by molar-refractivity contribution is 7.89. The number of carbonyl (C=O) groups is 1. The van der Waals surface area contributed by atoms with Crippen LogP contribution in [0.2, 0.25) is 0 Å². The average molecular weight is 405 g/mol. The van der Waals surface area contributed by atoms with Crippen molar-refractivity contribution in [1.82, 2.24) is 9.29 Å². The Morgan fingerprint density at radius 2 is 1.89 bits per heavy atom. The molecule has 0 radical (unpaired) electrons. The van der Waals surface area contributed by atoms with E-state index in [2.05, 4.69) is 10.3 Å². The maximum Gasteiger partial charge on any atom is 0.255 e. The van der Waals surface area contributed by atoms with E-state index in [0.717, 1.165) is 16.4 Å². The summed E-state index contributed by atoms with van der Waals surface area (Å²) in [6.45, 7) is 5.45. The van der Waals surface area contributed by atoms with Gasteiger partial charge in [0.15, 0.2) is 11.5 Å². The van der Waals surface area contributed by atoms with Gasteiger partial charge >= 0.3 is 0 Å². The second kappa shape index (κ2) is 7.69. The third-order valence-corrected chi connectivity index (χ3v) is 6.33. The normalized spacial score (nSPS) is 11.9. The monoisotopic (exact) mass is 405 g/mol. The van der Waals surface area contributed by atoms with Crippen LogP contribution in [0.3, 0.4) is 0 Å². The Kier molecular flexibility index (Phi) is 5.48. The number of amides is 1. The van der Waals surface area contributed by atoms with Gasteiger partial charge in [-0.3, -0.25) is 4.79 Å². The smallest absolute Gasteiger partial charge is 0.255 e. The molecule has 3 rings (SSSR count). The fraction of sp³-hybridized carbons (Fsp3) is 0.263. The molecule has 7 nitrogen and oxygen atoms in total. The largest absolute Gasteiger partial charge is 0.441 e. The summed E-state index contributed by atoms with van der Waals surface area (Å²) in [5.74, 6) is -0.957. The van der Waals surface area contributed by atoms with E-state index in [9.17, 15) is 17.6 Å². The first-order valence-corrected chi connectivity index (χ1v) is 10.2. The summed E-state index contributed by atoms with van der Waals surface area (Å²) in [4.78, 5) is 16.2. The molecule has 0 atom stereocenters. The lowest BCUT2D eigenvalue weighted by atomic mass is 10.2. The number of hydrogen-bond acceptors (Lipinski definition) is 5. The van der Waals surface area contributed by atoms with Crippen molar-refractivity contribution in [3.05, 3.63) is 53.7 Å². The molecule has 0 saturated heterocycles. The molecule has 2 aromatic carbocycles. The van der Waals surface area contributed by atoms with Gasteiger partial charge in [-0.1, -0.05) is 13.8 Å². The van der Waals surface area contributed by atoms with Crippen LogP contribution in [0.25, 0.3) is 11.1 Å². The molecule has 0 fully saturated rings. The number of sulfonamides is 1. The molecule has 9 heteroatoms. The van der Waals surface area contributed by atoms with Crippen LogP contribution < -0.4 is 5.32 Å². The van der Waals surface area contributed by atoms with Gasteiger partial charge < -0.3 is 9.73 Å². The third-order valence-electron chi connectivity index (χ3n) is 4.27. The van der Waals surface area contributed by atoms with Gasteiger partial charge in [0.1, 0.15) is 16.2 Å². The lowest BCUT2D eigenvalue weighted by Crippen LogP contribution is -2.31. The fourth-order valence-electron chi connectivity index (χ4n) is 2.87. The van der Waals surface area contributed by atoms with Gasteiger partial charge in [-0.25, -0.2) is 17.8 Å². The number of carbonyl (C=O) groups excluding carboxylic acids is 1. The second-order valence-corrected chi connectivity index (χ2v) is 8.01. The molecule has 0 spiro atoms. The van der Waals surface area contributed by atoms with Crippen LogP contribution in [0, 0.1) is 12.7 Å². The maximum atomic E-state index is 14.2. The molecule has 1 amide bonds. The minimum Gasteiger partial charge on any atom is -0.441 e. The first kappa shape index (κ1) is 20.0. The number of fused-ring (bicyclic) bond motifs is 1. The number of aryl methyl sites for hydroxylation is 1. The summed E-state index contributed by atoms with van der Waals surface area (Å²) in [5, 5.41) is 2.66. The Bertz CT molecular complexity index is 1140. The minimum absolute atomic E-state index is 0.0311. The van der Waals surface area contributed by atoms with Crippen LogP contribution in [0.1, 0.15) is 30.1 Å². The summed E-state index contributed by atoms with van der Waals surface area (Å²) < 4.78 is 46.0. The quantitative estimate of drug-likeness (QED) is 0.677. The van der Waals surface area contributed by atoms with Gasteiger partial charge in [0.05, 0.1) is 0 Å². The Hall–Kier alpha value is -2.78. The second-order valence-electron chi connectivity index (χ2n) is 6.10. The number of oxazole rings is 1. The molecule has 0 aliphatic carbocycles. The van der Waals surface area contributed by atoms with E-state index >= 15 is 0 Å².